The topological polar surface area (TPSA) is 50.9 Å². The van der Waals surface area contributed by atoms with Crippen LogP contribution in [0.1, 0.15) is 37.1 Å². The Hall–Kier alpha value is -1.68. The van der Waals surface area contributed by atoms with E-state index in [-0.39, 0.29) is 6.04 Å². The molecule has 0 spiro atoms. The van der Waals surface area contributed by atoms with Crippen molar-refractivity contribution in [3.63, 3.8) is 0 Å². The standard InChI is InChI=1S/C13H17N3O/c1-3-11-4-6-12(7-5-11)13(17)10(2)16-9-14-8-15-16/h4-10,13,17H,3H2,1-2H3. The van der Waals surface area contributed by atoms with Crippen molar-refractivity contribution in [2.45, 2.75) is 32.4 Å². The van der Waals surface area contributed by atoms with Crippen LogP contribution in [0.5, 0.6) is 0 Å². The number of hydrogen-bond acceptors (Lipinski definition) is 3. The first kappa shape index (κ1) is 11.8. The van der Waals surface area contributed by atoms with Gasteiger partial charge in [-0.2, -0.15) is 5.10 Å². The molecule has 17 heavy (non-hydrogen) atoms. The van der Waals surface area contributed by atoms with Gasteiger partial charge in [-0.1, -0.05) is 31.2 Å². The Kier molecular flexibility index (Phi) is 3.54. The highest BCUT2D eigenvalue weighted by Crippen LogP contribution is 2.25. The van der Waals surface area contributed by atoms with Crippen molar-refractivity contribution in [3.8, 4) is 0 Å². The van der Waals surface area contributed by atoms with Crippen LogP contribution in [0.15, 0.2) is 36.9 Å². The number of aliphatic hydroxyl groups excluding tert-OH is 1. The molecule has 1 heterocycles. The van der Waals surface area contributed by atoms with Crippen molar-refractivity contribution in [1.82, 2.24) is 14.8 Å². The molecule has 0 radical (unpaired) electrons. The van der Waals surface area contributed by atoms with Crippen LogP contribution in [-0.2, 0) is 6.42 Å². The summed E-state index contributed by atoms with van der Waals surface area (Å²) in [4.78, 5) is 3.89. The average Bonchev–Trinajstić information content (AvgIpc) is 2.91. The van der Waals surface area contributed by atoms with Gasteiger partial charge < -0.3 is 5.11 Å². The zero-order valence-corrected chi connectivity index (χ0v) is 10.1. The number of aromatic nitrogens is 3. The van der Waals surface area contributed by atoms with E-state index < -0.39 is 6.10 Å². The maximum Gasteiger partial charge on any atom is 0.137 e. The predicted octanol–water partition coefficient (Wildman–Crippen LogP) is 2.14. The summed E-state index contributed by atoms with van der Waals surface area (Å²) >= 11 is 0. The van der Waals surface area contributed by atoms with Crippen molar-refractivity contribution in [3.05, 3.63) is 48.0 Å². The molecule has 1 N–H and O–H groups in total. The minimum atomic E-state index is -0.567. The third-order valence-corrected chi connectivity index (χ3v) is 3.04. The molecule has 0 aliphatic carbocycles. The summed E-state index contributed by atoms with van der Waals surface area (Å²) in [6, 6.07) is 7.91. The van der Waals surface area contributed by atoms with Crippen molar-refractivity contribution >= 4 is 0 Å². The van der Waals surface area contributed by atoms with Gasteiger partial charge in [0.05, 0.1) is 6.04 Å². The average molecular weight is 231 g/mol. The van der Waals surface area contributed by atoms with E-state index in [1.807, 2.05) is 31.2 Å². The van der Waals surface area contributed by atoms with Gasteiger partial charge >= 0.3 is 0 Å². The molecule has 0 fully saturated rings. The molecule has 2 aromatic rings. The lowest BCUT2D eigenvalue weighted by Gasteiger charge is -2.19. The lowest BCUT2D eigenvalue weighted by atomic mass is 10.0. The van der Waals surface area contributed by atoms with Gasteiger partial charge in [-0.05, 0) is 24.5 Å². The number of aliphatic hydroxyl groups is 1. The van der Waals surface area contributed by atoms with Crippen molar-refractivity contribution < 1.29 is 5.11 Å². The van der Waals surface area contributed by atoms with Crippen molar-refractivity contribution in [2.75, 3.05) is 0 Å². The van der Waals surface area contributed by atoms with Gasteiger partial charge in [0.15, 0.2) is 0 Å². The lowest BCUT2D eigenvalue weighted by molar-refractivity contribution is 0.115. The summed E-state index contributed by atoms with van der Waals surface area (Å²) in [6.07, 6.45) is 3.54. The molecule has 0 amide bonds. The first-order valence-corrected chi connectivity index (χ1v) is 5.83. The fraction of sp³-hybridized carbons (Fsp3) is 0.385. The van der Waals surface area contributed by atoms with Crippen LogP contribution in [-0.4, -0.2) is 19.9 Å². The second-order valence-electron chi connectivity index (χ2n) is 4.16. The zero-order valence-electron chi connectivity index (χ0n) is 10.1. The van der Waals surface area contributed by atoms with Crippen LogP contribution in [0.3, 0.4) is 0 Å². The van der Waals surface area contributed by atoms with Crippen LogP contribution in [0.2, 0.25) is 0 Å². The molecule has 4 nitrogen and oxygen atoms in total. The highest BCUT2D eigenvalue weighted by atomic mass is 16.3. The zero-order chi connectivity index (χ0) is 12.3. The minimum Gasteiger partial charge on any atom is -0.386 e. The molecule has 4 heteroatoms. The summed E-state index contributed by atoms with van der Waals surface area (Å²) in [5.41, 5.74) is 2.18. The van der Waals surface area contributed by atoms with E-state index in [1.165, 1.54) is 11.9 Å². The third-order valence-electron chi connectivity index (χ3n) is 3.04. The second kappa shape index (κ2) is 5.10. The Morgan fingerprint density at radius 3 is 2.53 bits per heavy atom. The fourth-order valence-corrected chi connectivity index (χ4v) is 1.80. The van der Waals surface area contributed by atoms with Crippen LogP contribution in [0.4, 0.5) is 0 Å². The first-order chi connectivity index (χ1) is 8.22. The van der Waals surface area contributed by atoms with Gasteiger partial charge in [-0.25, -0.2) is 9.67 Å². The summed E-state index contributed by atoms with van der Waals surface area (Å²) in [5.74, 6) is 0. The Bertz CT molecular complexity index is 450. The number of rotatable bonds is 4. The maximum atomic E-state index is 10.2. The van der Waals surface area contributed by atoms with E-state index in [1.54, 1.807) is 11.0 Å². The van der Waals surface area contributed by atoms with Gasteiger partial charge in [0.2, 0.25) is 0 Å². The first-order valence-electron chi connectivity index (χ1n) is 5.83. The van der Waals surface area contributed by atoms with Gasteiger partial charge in [0, 0.05) is 0 Å². The molecule has 2 atom stereocenters. The summed E-state index contributed by atoms with van der Waals surface area (Å²) in [6.45, 7) is 4.04. The normalized spacial score (nSPS) is 14.5. The van der Waals surface area contributed by atoms with Gasteiger partial charge in [-0.3, -0.25) is 0 Å². The number of benzene rings is 1. The third kappa shape index (κ3) is 2.53. The number of aryl methyl sites for hydroxylation is 1. The van der Waals surface area contributed by atoms with Gasteiger partial charge in [0.1, 0.15) is 18.8 Å². The largest absolute Gasteiger partial charge is 0.386 e. The molecule has 0 aliphatic heterocycles. The molecular weight excluding hydrogens is 214 g/mol. The van der Waals surface area contributed by atoms with E-state index in [0.717, 1.165) is 12.0 Å². The molecule has 90 valence electrons. The SMILES string of the molecule is CCc1ccc(C(O)C(C)n2cncn2)cc1. The van der Waals surface area contributed by atoms with E-state index in [9.17, 15) is 5.11 Å². The highest BCUT2D eigenvalue weighted by Gasteiger charge is 2.18. The van der Waals surface area contributed by atoms with Gasteiger partial charge in [-0.15, -0.1) is 0 Å². The number of nitrogens with zero attached hydrogens (tertiary/aromatic N) is 3. The molecule has 0 saturated heterocycles. The van der Waals surface area contributed by atoms with Crippen LogP contribution < -0.4 is 0 Å². The highest BCUT2D eigenvalue weighted by molar-refractivity contribution is 5.24. The summed E-state index contributed by atoms with van der Waals surface area (Å²) in [7, 11) is 0. The van der Waals surface area contributed by atoms with E-state index >= 15 is 0 Å². The van der Waals surface area contributed by atoms with Gasteiger partial charge in [0.25, 0.3) is 0 Å². The van der Waals surface area contributed by atoms with E-state index in [2.05, 4.69) is 17.0 Å². The van der Waals surface area contributed by atoms with Crippen molar-refractivity contribution in [1.29, 1.82) is 0 Å². The Morgan fingerprint density at radius 2 is 2.00 bits per heavy atom. The Balaban J connectivity index is 2.16. The van der Waals surface area contributed by atoms with Crippen molar-refractivity contribution in [2.24, 2.45) is 0 Å². The Labute approximate surface area is 101 Å². The fourth-order valence-electron chi connectivity index (χ4n) is 1.80. The Morgan fingerprint density at radius 1 is 1.29 bits per heavy atom. The molecule has 1 aromatic carbocycles. The van der Waals surface area contributed by atoms with Crippen LogP contribution in [0.25, 0.3) is 0 Å². The maximum absolute atomic E-state index is 10.2. The molecule has 2 rings (SSSR count). The smallest absolute Gasteiger partial charge is 0.137 e. The van der Waals surface area contributed by atoms with Crippen LogP contribution in [0, 0.1) is 0 Å². The molecule has 2 unspecified atom stereocenters. The lowest BCUT2D eigenvalue weighted by Crippen LogP contribution is -2.15. The molecule has 0 aliphatic rings. The monoisotopic (exact) mass is 231 g/mol. The quantitative estimate of drug-likeness (QED) is 0.877. The minimum absolute atomic E-state index is 0.120. The van der Waals surface area contributed by atoms with E-state index in [4.69, 9.17) is 0 Å². The second-order valence-corrected chi connectivity index (χ2v) is 4.16. The van der Waals surface area contributed by atoms with E-state index in [0.29, 0.717) is 0 Å². The molecule has 0 bridgehead atoms. The summed E-state index contributed by atoms with van der Waals surface area (Å²) in [5, 5.41) is 14.3. The predicted molar refractivity (Wildman–Crippen MR) is 65.5 cm³/mol. The molecule has 0 saturated carbocycles. The number of hydrogen-bond donors (Lipinski definition) is 1. The summed E-state index contributed by atoms with van der Waals surface area (Å²) < 4.78 is 1.67. The molecular formula is C13H17N3O. The molecule has 1 aromatic heterocycles. The van der Waals surface area contributed by atoms with Crippen LogP contribution >= 0.6 is 0 Å².